The topological polar surface area (TPSA) is 27.0 Å². The van der Waals surface area contributed by atoms with Crippen LogP contribution in [-0.2, 0) is 6.54 Å². The lowest BCUT2D eigenvalue weighted by Gasteiger charge is -2.25. The van der Waals surface area contributed by atoms with Crippen LogP contribution in [0.1, 0.15) is 31.7 Å². The zero-order valence-corrected chi connectivity index (χ0v) is 10.3. The standard InChI is InChI=1S/C15H18N2/c1-2-17(12-13-7-4-3-5-8-13)15-10-6-9-14(15)11-16/h3-5,7-8H,2,6,9-10,12H2,1H3. The molecule has 0 saturated carbocycles. The van der Waals surface area contributed by atoms with Gasteiger partial charge in [-0.05, 0) is 31.7 Å². The molecule has 0 aliphatic heterocycles. The summed E-state index contributed by atoms with van der Waals surface area (Å²) in [5, 5.41) is 9.11. The van der Waals surface area contributed by atoms with Crippen LogP contribution in [0.3, 0.4) is 0 Å². The lowest BCUT2D eigenvalue weighted by molar-refractivity contribution is 0.345. The third kappa shape index (κ3) is 2.68. The molecule has 1 aromatic carbocycles. The van der Waals surface area contributed by atoms with Gasteiger partial charge in [-0.2, -0.15) is 5.26 Å². The van der Waals surface area contributed by atoms with Crippen molar-refractivity contribution in [3.63, 3.8) is 0 Å². The average molecular weight is 226 g/mol. The molecule has 0 heterocycles. The number of hydrogen-bond acceptors (Lipinski definition) is 2. The largest absolute Gasteiger partial charge is 0.370 e. The van der Waals surface area contributed by atoms with Crippen LogP contribution >= 0.6 is 0 Å². The molecule has 2 nitrogen and oxygen atoms in total. The monoisotopic (exact) mass is 226 g/mol. The summed E-state index contributed by atoms with van der Waals surface area (Å²) in [7, 11) is 0. The van der Waals surface area contributed by atoms with Crippen molar-refractivity contribution in [3.8, 4) is 6.07 Å². The van der Waals surface area contributed by atoms with Crippen LogP contribution in [-0.4, -0.2) is 11.4 Å². The van der Waals surface area contributed by atoms with Crippen molar-refractivity contribution in [2.45, 2.75) is 32.7 Å². The summed E-state index contributed by atoms with van der Waals surface area (Å²) in [5.41, 5.74) is 3.56. The molecule has 0 spiro atoms. The maximum atomic E-state index is 9.11. The molecular weight excluding hydrogens is 208 g/mol. The first kappa shape index (κ1) is 11.7. The van der Waals surface area contributed by atoms with E-state index in [1.165, 1.54) is 11.3 Å². The maximum absolute atomic E-state index is 9.11. The van der Waals surface area contributed by atoms with Gasteiger partial charge in [0.25, 0.3) is 0 Å². The summed E-state index contributed by atoms with van der Waals surface area (Å²) in [4.78, 5) is 2.33. The van der Waals surface area contributed by atoms with Crippen molar-refractivity contribution >= 4 is 0 Å². The summed E-state index contributed by atoms with van der Waals surface area (Å²) in [5.74, 6) is 0. The van der Waals surface area contributed by atoms with Gasteiger partial charge in [-0.1, -0.05) is 30.3 Å². The fraction of sp³-hybridized carbons (Fsp3) is 0.400. The number of rotatable bonds is 4. The van der Waals surface area contributed by atoms with E-state index < -0.39 is 0 Å². The van der Waals surface area contributed by atoms with E-state index in [9.17, 15) is 0 Å². The molecule has 0 fully saturated rings. The van der Waals surface area contributed by atoms with Crippen molar-refractivity contribution < 1.29 is 0 Å². The van der Waals surface area contributed by atoms with Gasteiger partial charge < -0.3 is 4.90 Å². The van der Waals surface area contributed by atoms with Crippen LogP contribution in [0, 0.1) is 11.3 Å². The molecule has 88 valence electrons. The Hall–Kier alpha value is -1.75. The summed E-state index contributed by atoms with van der Waals surface area (Å²) in [6, 6.07) is 12.8. The first-order chi connectivity index (χ1) is 8.35. The van der Waals surface area contributed by atoms with Gasteiger partial charge in [0, 0.05) is 24.4 Å². The highest BCUT2D eigenvalue weighted by Gasteiger charge is 2.19. The molecule has 1 aliphatic rings. The van der Waals surface area contributed by atoms with E-state index in [1.54, 1.807) is 0 Å². The molecule has 0 atom stereocenters. The van der Waals surface area contributed by atoms with Gasteiger partial charge in [-0.25, -0.2) is 0 Å². The Labute approximate surface area is 103 Å². The second-order valence-electron chi connectivity index (χ2n) is 4.39. The second-order valence-corrected chi connectivity index (χ2v) is 4.39. The molecule has 1 aromatic rings. The maximum Gasteiger partial charge on any atom is 0.0965 e. The first-order valence-electron chi connectivity index (χ1n) is 6.26. The Kier molecular flexibility index (Phi) is 3.82. The quantitative estimate of drug-likeness (QED) is 0.786. The molecule has 0 N–H and O–H groups in total. The highest BCUT2D eigenvalue weighted by atomic mass is 15.1. The molecule has 0 amide bonds. The van der Waals surface area contributed by atoms with E-state index in [4.69, 9.17) is 5.26 Å². The van der Waals surface area contributed by atoms with Crippen LogP contribution in [0.4, 0.5) is 0 Å². The minimum atomic E-state index is 0.915. The summed E-state index contributed by atoms with van der Waals surface area (Å²) < 4.78 is 0. The number of nitrogens with zero attached hydrogens (tertiary/aromatic N) is 2. The Balaban J connectivity index is 2.15. The molecule has 1 aliphatic carbocycles. The van der Waals surface area contributed by atoms with Gasteiger partial charge in [-0.15, -0.1) is 0 Å². The van der Waals surface area contributed by atoms with Crippen molar-refractivity contribution in [2.75, 3.05) is 6.54 Å². The third-order valence-electron chi connectivity index (χ3n) is 3.30. The Bertz CT molecular complexity index is 440. The van der Waals surface area contributed by atoms with Gasteiger partial charge in [0.15, 0.2) is 0 Å². The van der Waals surface area contributed by atoms with E-state index in [0.717, 1.165) is 37.9 Å². The average Bonchev–Trinajstić information content (AvgIpc) is 2.85. The number of nitriles is 1. The minimum Gasteiger partial charge on any atom is -0.370 e. The van der Waals surface area contributed by atoms with Gasteiger partial charge >= 0.3 is 0 Å². The van der Waals surface area contributed by atoms with E-state index in [2.05, 4.69) is 42.2 Å². The second kappa shape index (κ2) is 5.54. The Morgan fingerprint density at radius 1 is 1.24 bits per heavy atom. The Morgan fingerprint density at radius 3 is 2.65 bits per heavy atom. The van der Waals surface area contributed by atoms with Crippen molar-refractivity contribution in [1.29, 1.82) is 5.26 Å². The SMILES string of the molecule is CCN(Cc1ccccc1)C1=C(C#N)CCC1. The number of allylic oxidation sites excluding steroid dienone is 2. The minimum absolute atomic E-state index is 0.915. The highest BCUT2D eigenvalue weighted by molar-refractivity contribution is 5.31. The summed E-state index contributed by atoms with van der Waals surface area (Å²) in [6.45, 7) is 4.04. The van der Waals surface area contributed by atoms with Crippen molar-refractivity contribution in [1.82, 2.24) is 4.90 Å². The zero-order valence-electron chi connectivity index (χ0n) is 10.3. The predicted molar refractivity (Wildman–Crippen MR) is 69.0 cm³/mol. The Morgan fingerprint density at radius 2 is 2.00 bits per heavy atom. The first-order valence-corrected chi connectivity index (χ1v) is 6.26. The van der Waals surface area contributed by atoms with E-state index >= 15 is 0 Å². The van der Waals surface area contributed by atoms with Crippen molar-refractivity contribution in [3.05, 3.63) is 47.2 Å². The van der Waals surface area contributed by atoms with Gasteiger partial charge in [0.2, 0.25) is 0 Å². The van der Waals surface area contributed by atoms with Crippen LogP contribution < -0.4 is 0 Å². The van der Waals surface area contributed by atoms with Crippen molar-refractivity contribution in [2.24, 2.45) is 0 Å². The summed E-state index contributed by atoms with van der Waals surface area (Å²) in [6.07, 6.45) is 3.14. The zero-order chi connectivity index (χ0) is 12.1. The van der Waals surface area contributed by atoms with E-state index in [1.807, 2.05) is 6.07 Å². The predicted octanol–water partition coefficient (Wildman–Crippen LogP) is 3.47. The fourth-order valence-corrected chi connectivity index (χ4v) is 2.40. The number of hydrogen-bond donors (Lipinski definition) is 0. The molecule has 2 heteroatoms. The molecule has 17 heavy (non-hydrogen) atoms. The third-order valence-corrected chi connectivity index (χ3v) is 3.30. The van der Waals surface area contributed by atoms with Crippen LogP contribution in [0.25, 0.3) is 0 Å². The van der Waals surface area contributed by atoms with E-state index in [-0.39, 0.29) is 0 Å². The van der Waals surface area contributed by atoms with Gasteiger partial charge in [-0.3, -0.25) is 0 Å². The van der Waals surface area contributed by atoms with Gasteiger partial charge in [0.05, 0.1) is 6.07 Å². The lowest BCUT2D eigenvalue weighted by Crippen LogP contribution is -2.22. The molecular formula is C15H18N2. The molecule has 2 rings (SSSR count). The molecule has 0 unspecified atom stereocenters. The fourth-order valence-electron chi connectivity index (χ4n) is 2.40. The molecule has 0 saturated heterocycles. The highest BCUT2D eigenvalue weighted by Crippen LogP contribution is 2.29. The van der Waals surface area contributed by atoms with Crippen LogP contribution in [0.5, 0.6) is 0 Å². The lowest BCUT2D eigenvalue weighted by atomic mass is 10.2. The smallest absolute Gasteiger partial charge is 0.0965 e. The van der Waals surface area contributed by atoms with Crippen LogP contribution in [0.15, 0.2) is 41.6 Å². The normalized spacial score (nSPS) is 14.8. The van der Waals surface area contributed by atoms with Crippen LogP contribution in [0.2, 0.25) is 0 Å². The molecule has 0 aromatic heterocycles. The molecule has 0 radical (unpaired) electrons. The number of benzene rings is 1. The molecule has 0 bridgehead atoms. The van der Waals surface area contributed by atoms with E-state index in [0.29, 0.717) is 0 Å². The van der Waals surface area contributed by atoms with Gasteiger partial charge in [0.1, 0.15) is 0 Å². The summed E-state index contributed by atoms with van der Waals surface area (Å²) >= 11 is 0.